The molecule has 0 bridgehead atoms. The molecule has 278 valence electrons. The van der Waals surface area contributed by atoms with E-state index in [4.69, 9.17) is 18.9 Å². The van der Waals surface area contributed by atoms with Crippen molar-refractivity contribution in [3.8, 4) is 45.6 Å². The summed E-state index contributed by atoms with van der Waals surface area (Å²) in [7, 11) is 2.65. The molecular formula is C40H46O12. The highest BCUT2D eigenvalue weighted by Gasteiger charge is 2.40. The van der Waals surface area contributed by atoms with Crippen LogP contribution in [0.5, 0.6) is 34.5 Å². The third-order valence-electron chi connectivity index (χ3n) is 11.0. The molecule has 0 amide bonds. The average Bonchev–Trinajstić information content (AvgIpc) is 3.12. The lowest BCUT2D eigenvalue weighted by atomic mass is 9.86. The molecule has 2 aliphatic heterocycles. The van der Waals surface area contributed by atoms with E-state index in [0.29, 0.717) is 37.5 Å². The molecule has 6 atom stereocenters. The fraction of sp³-hybridized carbons (Fsp3) is 0.450. The second-order valence-corrected chi connectivity index (χ2v) is 14.1. The van der Waals surface area contributed by atoms with Crippen LogP contribution in [0, 0.1) is 11.8 Å². The lowest BCUT2D eigenvalue weighted by molar-refractivity contribution is -0.0346. The molecule has 0 aliphatic carbocycles. The van der Waals surface area contributed by atoms with Gasteiger partial charge in [0.25, 0.3) is 0 Å². The average molecular weight is 719 g/mol. The molecule has 0 saturated heterocycles. The summed E-state index contributed by atoms with van der Waals surface area (Å²) < 4.78 is 22.5. The number of methoxy groups -OCH3 is 2. The highest BCUT2D eigenvalue weighted by atomic mass is 16.6. The second kappa shape index (κ2) is 14.2. The number of carbonyl (C=O) groups excluding carboxylic acids is 2. The van der Waals surface area contributed by atoms with Gasteiger partial charge in [-0.05, 0) is 72.6 Å². The van der Waals surface area contributed by atoms with Crippen LogP contribution in [-0.4, -0.2) is 69.0 Å². The Hall–Kier alpha value is -4.94. The van der Waals surface area contributed by atoms with Gasteiger partial charge in [-0.1, -0.05) is 40.5 Å². The van der Waals surface area contributed by atoms with Crippen molar-refractivity contribution in [3.05, 3.63) is 46.5 Å². The monoisotopic (exact) mass is 718 g/mol. The fourth-order valence-corrected chi connectivity index (χ4v) is 7.42. The van der Waals surface area contributed by atoms with Crippen LogP contribution < -0.4 is 9.47 Å². The van der Waals surface area contributed by atoms with Crippen LogP contribution in [0.2, 0.25) is 0 Å². The maximum absolute atomic E-state index is 13.3. The summed E-state index contributed by atoms with van der Waals surface area (Å²) in [5.74, 6) is -3.51. The van der Waals surface area contributed by atoms with Crippen molar-refractivity contribution in [2.45, 2.75) is 90.6 Å². The van der Waals surface area contributed by atoms with Gasteiger partial charge in [-0.25, -0.2) is 9.59 Å². The Morgan fingerprint density at radius 1 is 0.615 bits per heavy atom. The minimum atomic E-state index is -1.24. The molecule has 4 aromatic carbocycles. The number of cyclic esters (lactones) is 2. The van der Waals surface area contributed by atoms with Crippen LogP contribution in [0.4, 0.5) is 0 Å². The molecule has 12 heteroatoms. The number of aromatic hydroxyl groups is 4. The van der Waals surface area contributed by atoms with E-state index >= 15 is 0 Å². The first-order chi connectivity index (χ1) is 24.8. The van der Waals surface area contributed by atoms with E-state index in [1.54, 1.807) is 0 Å². The van der Waals surface area contributed by atoms with Crippen molar-refractivity contribution in [3.63, 3.8) is 0 Å². The lowest BCUT2D eigenvalue weighted by Crippen LogP contribution is -2.32. The number of aliphatic hydroxyl groups is 2. The minimum Gasteiger partial charge on any atom is -0.506 e. The molecule has 52 heavy (non-hydrogen) atoms. The van der Waals surface area contributed by atoms with Gasteiger partial charge in [-0.15, -0.1) is 0 Å². The number of benzene rings is 4. The Morgan fingerprint density at radius 2 is 0.962 bits per heavy atom. The quantitative estimate of drug-likeness (QED) is 0.0850. The molecule has 2 aliphatic rings. The Morgan fingerprint density at radius 3 is 1.29 bits per heavy atom. The molecule has 2 unspecified atom stereocenters. The predicted molar refractivity (Wildman–Crippen MR) is 192 cm³/mol. The molecule has 12 nitrogen and oxygen atoms in total. The number of carbonyl (C=O) groups is 2. The van der Waals surface area contributed by atoms with Gasteiger partial charge in [0.05, 0.1) is 36.1 Å². The summed E-state index contributed by atoms with van der Waals surface area (Å²) in [5, 5.41) is 69.4. The van der Waals surface area contributed by atoms with Crippen LogP contribution in [-0.2, 0) is 9.47 Å². The lowest BCUT2D eigenvalue weighted by Gasteiger charge is -2.31. The molecule has 0 saturated carbocycles. The first-order valence-corrected chi connectivity index (χ1v) is 17.7. The molecular weight excluding hydrogens is 672 g/mol. The zero-order valence-corrected chi connectivity index (χ0v) is 30.1. The van der Waals surface area contributed by atoms with E-state index < -0.39 is 59.4 Å². The van der Waals surface area contributed by atoms with E-state index in [2.05, 4.69) is 27.7 Å². The maximum atomic E-state index is 13.3. The van der Waals surface area contributed by atoms with Crippen LogP contribution in [0.3, 0.4) is 0 Å². The number of phenolic OH excluding ortho intramolecular Hbond substituents is 4. The fourth-order valence-electron chi connectivity index (χ4n) is 7.42. The first kappa shape index (κ1) is 36.8. The molecule has 2 heterocycles. The van der Waals surface area contributed by atoms with Crippen LogP contribution in [0.25, 0.3) is 32.7 Å². The normalized spacial score (nSPS) is 20.9. The van der Waals surface area contributed by atoms with Gasteiger partial charge in [-0.2, -0.15) is 0 Å². The van der Waals surface area contributed by atoms with Crippen molar-refractivity contribution in [1.29, 1.82) is 0 Å². The predicted octanol–water partition coefficient (Wildman–Crippen LogP) is 7.30. The van der Waals surface area contributed by atoms with Gasteiger partial charge in [0.2, 0.25) is 0 Å². The third kappa shape index (κ3) is 5.97. The van der Waals surface area contributed by atoms with Gasteiger partial charge in [0.1, 0.15) is 70.0 Å². The molecule has 4 aromatic rings. The topological polar surface area (TPSA) is 192 Å². The summed E-state index contributed by atoms with van der Waals surface area (Å²) in [6.07, 6.45) is -0.0113. The number of esters is 2. The largest absolute Gasteiger partial charge is 0.506 e. The molecule has 0 radical (unpaired) electrons. The van der Waals surface area contributed by atoms with Crippen LogP contribution in [0.1, 0.15) is 110 Å². The molecule has 0 spiro atoms. The number of ether oxygens (including phenoxy) is 4. The first-order valence-electron chi connectivity index (χ1n) is 17.7. The van der Waals surface area contributed by atoms with E-state index in [9.17, 15) is 40.2 Å². The summed E-state index contributed by atoms with van der Waals surface area (Å²) >= 11 is 0. The number of hydrogen-bond acceptors (Lipinski definition) is 12. The van der Waals surface area contributed by atoms with Gasteiger partial charge in [0, 0.05) is 11.1 Å². The van der Waals surface area contributed by atoms with Gasteiger partial charge >= 0.3 is 11.9 Å². The highest BCUT2D eigenvalue weighted by Crippen LogP contribution is 2.56. The number of rotatable bonds is 11. The summed E-state index contributed by atoms with van der Waals surface area (Å²) in [6, 6.07) is 5.91. The van der Waals surface area contributed by atoms with E-state index in [0.717, 1.165) is 12.8 Å². The Balaban J connectivity index is 1.52. The number of hydrogen-bond donors (Lipinski definition) is 6. The van der Waals surface area contributed by atoms with Crippen molar-refractivity contribution < 1.29 is 59.2 Å². The Labute approximate surface area is 301 Å². The Kier molecular flexibility index (Phi) is 10.1. The van der Waals surface area contributed by atoms with Crippen LogP contribution >= 0.6 is 0 Å². The number of phenols is 4. The zero-order chi connectivity index (χ0) is 37.8. The number of aliphatic hydroxyl groups excluding tert-OH is 2. The standard InChI is InChI=1S/C40H46O12/c1-7-17(3)9-11-23-33(41)21-13-19-15-25(49-5)31(37(45)27(19)35(43)29(21)39(47)51-23)32-26(50-6)16-20-14-22-30(36(44)28(20)38(32)46)40(48)52-24(34(22)42)12-10-18(4)8-2/h13-18,23-24,33-34,41-46H,7-12H2,1-6H3/t17?,18?,23-,24-,33-,34-/m1/s1. The van der Waals surface area contributed by atoms with E-state index in [-0.39, 0.29) is 66.4 Å². The third-order valence-corrected chi connectivity index (χ3v) is 11.0. The van der Waals surface area contributed by atoms with Gasteiger partial charge < -0.3 is 49.6 Å². The minimum absolute atomic E-state index is 0.00919. The zero-order valence-electron chi connectivity index (χ0n) is 30.1. The van der Waals surface area contributed by atoms with Crippen LogP contribution in [0.15, 0.2) is 24.3 Å². The Bertz CT molecular complexity index is 1920. The summed E-state index contributed by atoms with van der Waals surface area (Å²) in [4.78, 5) is 26.5. The SMILES string of the molecule is CCC(C)CC[C@H]1OC(=O)c2c(cc3cc(OC)c(-c4c(OC)cc5cc6c(c(O)c5c4O)C(=O)O[C@H](CCC(C)CC)[C@@H]6O)c(O)c3c2O)[C@H]1O. The van der Waals surface area contributed by atoms with Crippen molar-refractivity contribution >= 4 is 33.5 Å². The molecule has 0 aromatic heterocycles. The molecule has 6 rings (SSSR count). The molecule has 6 N–H and O–H groups in total. The van der Waals surface area contributed by atoms with E-state index in [1.807, 2.05) is 0 Å². The van der Waals surface area contributed by atoms with Gasteiger partial charge in [-0.3, -0.25) is 0 Å². The van der Waals surface area contributed by atoms with E-state index in [1.165, 1.54) is 38.5 Å². The smallest absolute Gasteiger partial charge is 0.342 e. The molecule has 0 fully saturated rings. The van der Waals surface area contributed by atoms with Gasteiger partial charge in [0.15, 0.2) is 0 Å². The van der Waals surface area contributed by atoms with Crippen molar-refractivity contribution in [1.82, 2.24) is 0 Å². The summed E-state index contributed by atoms with van der Waals surface area (Å²) in [5.41, 5.74) is -0.650. The number of fused-ring (bicyclic) bond motifs is 4. The maximum Gasteiger partial charge on any atom is 0.342 e. The van der Waals surface area contributed by atoms with Crippen molar-refractivity contribution in [2.24, 2.45) is 11.8 Å². The second-order valence-electron chi connectivity index (χ2n) is 14.1. The highest BCUT2D eigenvalue weighted by molar-refractivity contribution is 6.13. The summed E-state index contributed by atoms with van der Waals surface area (Å²) in [6.45, 7) is 8.24. The van der Waals surface area contributed by atoms with Crippen molar-refractivity contribution in [2.75, 3.05) is 14.2 Å².